The Morgan fingerprint density at radius 2 is 1.89 bits per heavy atom. The van der Waals surface area contributed by atoms with E-state index >= 15 is 0 Å². The van der Waals surface area contributed by atoms with Gasteiger partial charge in [0, 0.05) is 13.1 Å². The Labute approximate surface area is 171 Å². The molecule has 1 aromatic carbocycles. The summed E-state index contributed by atoms with van der Waals surface area (Å²) in [6.07, 6.45) is 10.2. The number of nitrogens with one attached hydrogen (secondary N) is 1. The van der Waals surface area contributed by atoms with Gasteiger partial charge in [0.25, 0.3) is 0 Å². The van der Waals surface area contributed by atoms with Crippen LogP contribution in [0.2, 0.25) is 0 Å². The molecule has 0 radical (unpaired) electrons. The molecule has 1 heterocycles. The van der Waals surface area contributed by atoms with Gasteiger partial charge in [-0.2, -0.15) is 0 Å². The number of amides is 1. The Bertz CT molecular complexity index is 867. The summed E-state index contributed by atoms with van der Waals surface area (Å²) in [6.45, 7) is 5.44. The molecule has 0 spiro atoms. The highest BCUT2D eigenvalue weighted by atomic mass is 32.2. The molecule has 4 aliphatic carbocycles. The van der Waals surface area contributed by atoms with E-state index in [0.717, 1.165) is 40.5 Å². The number of hydrogen-bond acceptors (Lipinski definition) is 3. The highest BCUT2D eigenvalue weighted by Crippen LogP contribution is 2.59. The SMILES string of the molecule is C=CCn1c(SCC(=O)NCC23CC4CC(CC(C4)C2)C3)nc2ccccc21. The number of thioether (sulfide) groups is 1. The van der Waals surface area contributed by atoms with Crippen LogP contribution in [-0.4, -0.2) is 27.8 Å². The second kappa shape index (κ2) is 7.25. The summed E-state index contributed by atoms with van der Waals surface area (Å²) in [7, 11) is 0. The molecular formula is C23H29N3OS. The largest absolute Gasteiger partial charge is 0.355 e. The van der Waals surface area contributed by atoms with E-state index in [2.05, 4.69) is 22.5 Å². The molecule has 0 unspecified atom stereocenters. The zero-order valence-electron chi connectivity index (χ0n) is 16.4. The van der Waals surface area contributed by atoms with Gasteiger partial charge in [-0.05, 0) is 73.8 Å². The Kier molecular flexibility index (Phi) is 4.74. The Morgan fingerprint density at radius 3 is 2.57 bits per heavy atom. The number of carbonyl (C=O) groups is 1. The average Bonchev–Trinajstić information content (AvgIpc) is 3.02. The molecule has 5 heteroatoms. The fourth-order valence-electron chi connectivity index (χ4n) is 6.44. The van der Waals surface area contributed by atoms with Crippen LogP contribution < -0.4 is 5.32 Å². The van der Waals surface area contributed by atoms with Crippen molar-refractivity contribution < 1.29 is 4.79 Å². The van der Waals surface area contributed by atoms with Crippen molar-refractivity contribution in [1.82, 2.24) is 14.9 Å². The van der Waals surface area contributed by atoms with Crippen LogP contribution in [0.3, 0.4) is 0 Å². The van der Waals surface area contributed by atoms with E-state index in [1.165, 1.54) is 50.3 Å². The molecule has 2 aromatic rings. The zero-order valence-corrected chi connectivity index (χ0v) is 17.2. The topological polar surface area (TPSA) is 46.9 Å². The number of allylic oxidation sites excluding steroid dienone is 1. The minimum Gasteiger partial charge on any atom is -0.355 e. The Balaban J connectivity index is 1.21. The molecule has 4 aliphatic rings. The molecule has 0 aliphatic heterocycles. The van der Waals surface area contributed by atoms with Gasteiger partial charge in [-0.25, -0.2) is 4.98 Å². The number of hydrogen-bond donors (Lipinski definition) is 1. The van der Waals surface area contributed by atoms with Gasteiger partial charge >= 0.3 is 0 Å². The van der Waals surface area contributed by atoms with Crippen molar-refractivity contribution in [2.24, 2.45) is 23.2 Å². The first-order chi connectivity index (χ1) is 13.6. The minimum absolute atomic E-state index is 0.137. The lowest BCUT2D eigenvalue weighted by atomic mass is 9.49. The van der Waals surface area contributed by atoms with Gasteiger partial charge in [0.05, 0.1) is 16.8 Å². The van der Waals surface area contributed by atoms with Crippen molar-refractivity contribution in [3.8, 4) is 0 Å². The maximum atomic E-state index is 12.6. The van der Waals surface area contributed by atoms with E-state index in [1.54, 1.807) is 0 Å². The third-order valence-corrected chi connectivity index (χ3v) is 8.07. The molecule has 4 saturated carbocycles. The quantitative estimate of drug-likeness (QED) is 0.548. The first-order valence-electron chi connectivity index (χ1n) is 10.6. The van der Waals surface area contributed by atoms with E-state index < -0.39 is 0 Å². The molecule has 4 bridgehead atoms. The summed E-state index contributed by atoms with van der Waals surface area (Å²) in [4.78, 5) is 17.3. The molecule has 28 heavy (non-hydrogen) atoms. The Morgan fingerprint density at radius 1 is 1.21 bits per heavy atom. The highest BCUT2D eigenvalue weighted by molar-refractivity contribution is 7.99. The molecule has 4 fully saturated rings. The first kappa shape index (κ1) is 18.3. The molecular weight excluding hydrogens is 366 g/mol. The van der Waals surface area contributed by atoms with E-state index in [4.69, 9.17) is 4.98 Å². The summed E-state index contributed by atoms with van der Waals surface area (Å²) in [5.74, 6) is 3.34. The van der Waals surface area contributed by atoms with Crippen LogP contribution in [-0.2, 0) is 11.3 Å². The van der Waals surface area contributed by atoms with Crippen LogP contribution in [0.25, 0.3) is 11.0 Å². The van der Waals surface area contributed by atoms with Crippen molar-refractivity contribution in [3.63, 3.8) is 0 Å². The smallest absolute Gasteiger partial charge is 0.230 e. The van der Waals surface area contributed by atoms with E-state index in [-0.39, 0.29) is 5.91 Å². The number of benzene rings is 1. The van der Waals surface area contributed by atoms with Gasteiger partial charge in [0.15, 0.2) is 5.16 Å². The number of aromatic nitrogens is 2. The lowest BCUT2D eigenvalue weighted by molar-refractivity contribution is -0.120. The predicted molar refractivity (Wildman–Crippen MR) is 114 cm³/mol. The summed E-state index contributed by atoms with van der Waals surface area (Å²) in [6, 6.07) is 8.12. The molecule has 148 valence electrons. The predicted octanol–water partition coefficient (Wildman–Crippen LogP) is 4.65. The summed E-state index contributed by atoms with van der Waals surface area (Å²) < 4.78 is 2.14. The normalized spacial score (nSPS) is 30.6. The number of para-hydroxylation sites is 2. The molecule has 0 atom stereocenters. The molecule has 1 amide bonds. The second-order valence-corrected chi connectivity index (χ2v) is 10.2. The number of rotatable bonds is 7. The average molecular weight is 396 g/mol. The van der Waals surface area contributed by atoms with Gasteiger partial charge in [-0.1, -0.05) is 30.0 Å². The summed E-state index contributed by atoms with van der Waals surface area (Å²) in [5.41, 5.74) is 2.46. The van der Waals surface area contributed by atoms with E-state index in [9.17, 15) is 4.79 Å². The lowest BCUT2D eigenvalue weighted by Gasteiger charge is -2.56. The molecule has 4 nitrogen and oxygen atoms in total. The third kappa shape index (κ3) is 3.38. The first-order valence-corrected chi connectivity index (χ1v) is 11.6. The van der Waals surface area contributed by atoms with Crippen molar-refractivity contribution in [2.75, 3.05) is 12.3 Å². The van der Waals surface area contributed by atoms with Crippen LogP contribution in [0.4, 0.5) is 0 Å². The van der Waals surface area contributed by atoms with Gasteiger partial charge in [-0.15, -0.1) is 6.58 Å². The van der Waals surface area contributed by atoms with Crippen LogP contribution in [0.5, 0.6) is 0 Å². The second-order valence-electron chi connectivity index (χ2n) is 9.27. The Hall–Kier alpha value is -1.75. The molecule has 6 rings (SSSR count). The summed E-state index contributed by atoms with van der Waals surface area (Å²) in [5, 5.41) is 4.17. The van der Waals surface area contributed by atoms with Crippen LogP contribution in [0.15, 0.2) is 42.1 Å². The maximum Gasteiger partial charge on any atom is 0.230 e. The lowest BCUT2D eigenvalue weighted by Crippen LogP contribution is -2.51. The molecule has 0 saturated heterocycles. The standard InChI is InChI=1S/C23H29N3OS/c1-2-7-26-20-6-4-3-5-19(20)25-22(26)28-14-21(27)24-15-23-11-16-8-17(12-23)10-18(9-16)13-23/h2-6,16-18H,1,7-15H2,(H,24,27). The number of nitrogens with zero attached hydrogens (tertiary/aromatic N) is 2. The van der Waals surface area contributed by atoms with Crippen LogP contribution in [0.1, 0.15) is 38.5 Å². The zero-order chi connectivity index (χ0) is 19.1. The summed E-state index contributed by atoms with van der Waals surface area (Å²) >= 11 is 1.53. The molecule has 1 aromatic heterocycles. The van der Waals surface area contributed by atoms with Crippen LogP contribution >= 0.6 is 11.8 Å². The number of fused-ring (bicyclic) bond motifs is 1. The number of carbonyl (C=O) groups excluding carboxylic acids is 1. The molecule has 1 N–H and O–H groups in total. The van der Waals surface area contributed by atoms with Crippen molar-refractivity contribution in [3.05, 3.63) is 36.9 Å². The van der Waals surface area contributed by atoms with Crippen LogP contribution in [0, 0.1) is 23.2 Å². The van der Waals surface area contributed by atoms with E-state index in [0.29, 0.717) is 17.7 Å². The third-order valence-electron chi connectivity index (χ3n) is 7.09. The van der Waals surface area contributed by atoms with Gasteiger partial charge in [0.1, 0.15) is 0 Å². The highest BCUT2D eigenvalue weighted by Gasteiger charge is 2.50. The number of imidazole rings is 1. The monoisotopic (exact) mass is 395 g/mol. The fraction of sp³-hybridized carbons (Fsp3) is 0.565. The van der Waals surface area contributed by atoms with Gasteiger partial charge in [0.2, 0.25) is 5.91 Å². The van der Waals surface area contributed by atoms with Crippen molar-refractivity contribution in [1.29, 1.82) is 0 Å². The van der Waals surface area contributed by atoms with E-state index in [1.807, 2.05) is 24.3 Å². The van der Waals surface area contributed by atoms with Gasteiger partial charge < -0.3 is 9.88 Å². The minimum atomic E-state index is 0.137. The van der Waals surface area contributed by atoms with Gasteiger partial charge in [-0.3, -0.25) is 4.79 Å². The maximum absolute atomic E-state index is 12.6. The van der Waals surface area contributed by atoms with Crippen molar-refractivity contribution >= 4 is 28.7 Å². The van der Waals surface area contributed by atoms with Crippen molar-refractivity contribution in [2.45, 2.75) is 50.2 Å². The fourth-order valence-corrected chi connectivity index (χ4v) is 7.30.